The molecule has 0 heterocycles. The molecular weight excluding hydrogens is 212 g/mol. The van der Waals surface area contributed by atoms with Crippen LogP contribution in [0.5, 0.6) is 0 Å². The first-order valence-corrected chi connectivity index (χ1v) is 4.95. The Balaban J connectivity index is 4.42. The fraction of sp³-hybridized carbons (Fsp3) is 0.500. The van der Waals surface area contributed by atoms with Crippen molar-refractivity contribution >= 4 is 17.8 Å². The highest BCUT2D eigenvalue weighted by atomic mass is 16.4. The normalized spacial score (nSPS) is 10.3. The van der Waals surface area contributed by atoms with E-state index in [2.05, 4.69) is 0 Å². The van der Waals surface area contributed by atoms with Crippen LogP contribution in [0.15, 0.2) is 12.2 Å². The number of carboxylic acid groups (broad SMARTS) is 1. The Hall–Kier alpha value is -1.85. The molecule has 0 saturated heterocycles. The van der Waals surface area contributed by atoms with Gasteiger partial charge >= 0.3 is 5.97 Å². The van der Waals surface area contributed by atoms with Crippen LogP contribution in [-0.2, 0) is 14.4 Å². The lowest BCUT2D eigenvalue weighted by Crippen LogP contribution is -2.38. The zero-order valence-electron chi connectivity index (χ0n) is 9.18. The molecule has 0 rings (SSSR count). The minimum absolute atomic E-state index is 0.192. The van der Waals surface area contributed by atoms with Gasteiger partial charge in [0, 0.05) is 18.7 Å². The number of aliphatic carboxylic acids is 1. The number of amides is 2. The second kappa shape index (κ2) is 7.44. The zero-order valence-corrected chi connectivity index (χ0v) is 9.18. The average Bonchev–Trinajstić information content (AvgIpc) is 2.20. The van der Waals surface area contributed by atoms with Gasteiger partial charge in [0.2, 0.25) is 11.8 Å². The molecule has 0 aliphatic rings. The third-order valence-electron chi connectivity index (χ3n) is 1.81. The van der Waals surface area contributed by atoms with Crippen LogP contribution in [0.3, 0.4) is 0 Å². The number of carboxylic acids is 1. The van der Waals surface area contributed by atoms with Crippen LogP contribution >= 0.6 is 0 Å². The molecule has 0 unspecified atom stereocenters. The maximum Gasteiger partial charge on any atom is 0.328 e. The Labute approximate surface area is 93.7 Å². The van der Waals surface area contributed by atoms with Crippen LogP contribution in [-0.4, -0.2) is 40.9 Å². The van der Waals surface area contributed by atoms with Gasteiger partial charge in [-0.05, 0) is 6.42 Å². The van der Waals surface area contributed by atoms with Crippen molar-refractivity contribution in [3.05, 3.63) is 12.2 Å². The van der Waals surface area contributed by atoms with E-state index in [1.54, 1.807) is 0 Å². The van der Waals surface area contributed by atoms with E-state index in [0.29, 0.717) is 6.54 Å². The summed E-state index contributed by atoms with van der Waals surface area (Å²) in [7, 11) is 0. The van der Waals surface area contributed by atoms with Crippen LogP contribution in [0, 0.1) is 0 Å². The summed E-state index contributed by atoms with van der Waals surface area (Å²) in [4.78, 5) is 33.6. The highest BCUT2D eigenvalue weighted by molar-refractivity contribution is 5.95. The fourth-order valence-corrected chi connectivity index (χ4v) is 1.05. The molecule has 3 N–H and O–H groups in total. The van der Waals surface area contributed by atoms with E-state index in [4.69, 9.17) is 10.8 Å². The number of hydrogen-bond acceptors (Lipinski definition) is 3. The molecule has 6 nitrogen and oxygen atoms in total. The van der Waals surface area contributed by atoms with Gasteiger partial charge in [-0.25, -0.2) is 4.79 Å². The van der Waals surface area contributed by atoms with Gasteiger partial charge in [-0.2, -0.15) is 0 Å². The predicted molar refractivity (Wildman–Crippen MR) is 57.5 cm³/mol. The van der Waals surface area contributed by atoms with Crippen LogP contribution in [0.1, 0.15) is 19.8 Å². The van der Waals surface area contributed by atoms with Gasteiger partial charge in [0.25, 0.3) is 0 Å². The molecule has 0 bridgehead atoms. The quantitative estimate of drug-likeness (QED) is 0.586. The van der Waals surface area contributed by atoms with E-state index >= 15 is 0 Å². The first kappa shape index (κ1) is 14.2. The zero-order chi connectivity index (χ0) is 12.6. The van der Waals surface area contributed by atoms with Crippen LogP contribution in [0.2, 0.25) is 0 Å². The molecule has 0 saturated carbocycles. The molecule has 0 spiro atoms. The van der Waals surface area contributed by atoms with Crippen molar-refractivity contribution in [1.82, 2.24) is 4.90 Å². The van der Waals surface area contributed by atoms with Gasteiger partial charge in [0.05, 0.1) is 6.54 Å². The molecule has 6 heteroatoms. The number of hydrogen-bond donors (Lipinski definition) is 2. The number of carbonyl (C=O) groups excluding carboxylic acids is 2. The maximum absolute atomic E-state index is 11.5. The second-order valence-corrected chi connectivity index (χ2v) is 3.25. The van der Waals surface area contributed by atoms with E-state index < -0.39 is 17.8 Å². The van der Waals surface area contributed by atoms with Crippen LogP contribution < -0.4 is 5.73 Å². The third-order valence-corrected chi connectivity index (χ3v) is 1.81. The van der Waals surface area contributed by atoms with E-state index in [9.17, 15) is 14.4 Å². The molecule has 0 radical (unpaired) electrons. The number of rotatable bonds is 7. The number of carbonyl (C=O) groups is 3. The predicted octanol–water partition coefficient (Wildman–Crippen LogP) is -0.259. The highest BCUT2D eigenvalue weighted by Crippen LogP contribution is 1.97. The first-order valence-electron chi connectivity index (χ1n) is 4.95. The minimum Gasteiger partial charge on any atom is -0.478 e. The molecule has 0 aliphatic heterocycles. The lowest BCUT2D eigenvalue weighted by atomic mass is 10.3. The lowest BCUT2D eigenvalue weighted by molar-refractivity contribution is -0.133. The summed E-state index contributed by atoms with van der Waals surface area (Å²) in [5.74, 6) is -2.34. The van der Waals surface area contributed by atoms with E-state index in [1.807, 2.05) is 6.92 Å². The first-order chi connectivity index (χ1) is 7.47. The summed E-state index contributed by atoms with van der Waals surface area (Å²) in [5.41, 5.74) is 4.99. The van der Waals surface area contributed by atoms with Gasteiger partial charge in [-0.15, -0.1) is 0 Å². The monoisotopic (exact) mass is 228 g/mol. The molecule has 0 aromatic carbocycles. The summed E-state index contributed by atoms with van der Waals surface area (Å²) in [5, 5.41) is 8.35. The van der Waals surface area contributed by atoms with Crippen molar-refractivity contribution in [2.75, 3.05) is 13.1 Å². The molecular formula is C10H16N2O4. The molecule has 90 valence electrons. The van der Waals surface area contributed by atoms with E-state index in [1.165, 1.54) is 4.90 Å². The van der Waals surface area contributed by atoms with Gasteiger partial charge < -0.3 is 15.7 Å². The summed E-state index contributed by atoms with van der Waals surface area (Å²) < 4.78 is 0. The molecule has 0 aliphatic carbocycles. The number of primary amides is 1. The lowest BCUT2D eigenvalue weighted by Gasteiger charge is -2.18. The maximum atomic E-state index is 11.5. The molecule has 2 amide bonds. The van der Waals surface area contributed by atoms with Crippen molar-refractivity contribution in [3.63, 3.8) is 0 Å². The Morgan fingerprint density at radius 2 is 1.94 bits per heavy atom. The molecule has 0 aromatic rings. The largest absolute Gasteiger partial charge is 0.478 e. The summed E-state index contributed by atoms with van der Waals surface area (Å²) >= 11 is 0. The van der Waals surface area contributed by atoms with Crippen molar-refractivity contribution in [1.29, 1.82) is 0 Å². The van der Waals surface area contributed by atoms with Gasteiger partial charge in [-0.1, -0.05) is 13.3 Å². The van der Waals surface area contributed by atoms with Crippen LogP contribution in [0.25, 0.3) is 0 Å². The third kappa shape index (κ3) is 6.58. The number of nitrogens with two attached hydrogens (primary N) is 1. The van der Waals surface area contributed by atoms with Gasteiger partial charge in [0.15, 0.2) is 0 Å². The molecule has 16 heavy (non-hydrogen) atoms. The summed E-state index contributed by atoms with van der Waals surface area (Å²) in [6, 6.07) is 0. The van der Waals surface area contributed by atoms with Crippen molar-refractivity contribution in [2.45, 2.75) is 19.8 Å². The van der Waals surface area contributed by atoms with Gasteiger partial charge in [-0.3, -0.25) is 9.59 Å². The molecule has 0 atom stereocenters. The Kier molecular flexibility index (Phi) is 6.58. The van der Waals surface area contributed by atoms with Crippen molar-refractivity contribution in [2.24, 2.45) is 5.73 Å². The minimum atomic E-state index is -1.21. The van der Waals surface area contributed by atoms with E-state index in [0.717, 1.165) is 25.0 Å². The standard InChI is InChI=1S/C10H16N2O4/c1-2-3-6-12(7-8(11)13)9(14)4-5-10(15)16/h4-5H,2-3,6-7H2,1H3,(H2,11,13)(H,15,16)/b5-4+. The molecule has 0 fully saturated rings. The van der Waals surface area contributed by atoms with Crippen molar-refractivity contribution < 1.29 is 19.5 Å². The smallest absolute Gasteiger partial charge is 0.328 e. The topological polar surface area (TPSA) is 101 Å². The SMILES string of the molecule is CCCCN(CC(N)=O)C(=O)/C=C/C(=O)O. The number of nitrogens with zero attached hydrogens (tertiary/aromatic N) is 1. The van der Waals surface area contributed by atoms with Crippen molar-refractivity contribution in [3.8, 4) is 0 Å². The summed E-state index contributed by atoms with van der Waals surface area (Å²) in [6.45, 7) is 2.14. The Bertz CT molecular complexity index is 299. The van der Waals surface area contributed by atoms with Crippen LogP contribution in [0.4, 0.5) is 0 Å². The second-order valence-electron chi connectivity index (χ2n) is 3.25. The highest BCUT2D eigenvalue weighted by Gasteiger charge is 2.12. The fourth-order valence-electron chi connectivity index (χ4n) is 1.05. The average molecular weight is 228 g/mol. The van der Waals surface area contributed by atoms with Gasteiger partial charge in [0.1, 0.15) is 0 Å². The number of unbranched alkanes of at least 4 members (excludes halogenated alkanes) is 1. The Morgan fingerprint density at radius 1 is 1.31 bits per heavy atom. The van der Waals surface area contributed by atoms with E-state index in [-0.39, 0.29) is 6.54 Å². The molecule has 0 aromatic heterocycles. The Morgan fingerprint density at radius 3 is 2.38 bits per heavy atom. The summed E-state index contributed by atoms with van der Waals surface area (Å²) in [6.07, 6.45) is 3.26.